The zero-order valence-electron chi connectivity index (χ0n) is 17.3. The van der Waals surface area contributed by atoms with Crippen LogP contribution in [0.25, 0.3) is 11.1 Å². The van der Waals surface area contributed by atoms with E-state index in [0.717, 1.165) is 6.07 Å². The van der Waals surface area contributed by atoms with E-state index in [1.165, 1.54) is 24.1 Å². The Kier molecular flexibility index (Phi) is 6.15. The van der Waals surface area contributed by atoms with E-state index in [4.69, 9.17) is 16.3 Å². The van der Waals surface area contributed by atoms with Crippen molar-refractivity contribution in [3.63, 3.8) is 0 Å². The van der Waals surface area contributed by atoms with Crippen LogP contribution in [0.5, 0.6) is 5.75 Å². The highest BCUT2D eigenvalue weighted by Crippen LogP contribution is 2.40. The number of rotatable bonds is 5. The highest BCUT2D eigenvalue weighted by Gasteiger charge is 2.42. The molecule has 3 aromatic carbocycles. The lowest BCUT2D eigenvalue weighted by Gasteiger charge is -2.29. The molecule has 1 saturated heterocycles. The van der Waals surface area contributed by atoms with Gasteiger partial charge in [-0.15, -0.1) is 0 Å². The van der Waals surface area contributed by atoms with Crippen LogP contribution < -0.4 is 4.74 Å². The van der Waals surface area contributed by atoms with Crippen LogP contribution in [0, 0.1) is 5.82 Å². The average molecular weight is 454 g/mol. The minimum Gasteiger partial charge on any atom is -0.496 e. The lowest BCUT2D eigenvalue weighted by atomic mass is 10.0. The molecule has 1 N–H and O–H groups in total. The molecule has 5 nitrogen and oxygen atoms in total. The standard InChI is InChI=1S/C25H21ClFNO4/c1-32-23-9-5-3-6-17(23)16-11-10-15(14-20(16)27)24(29)28-21(12-13-22(28)25(30)31)18-7-2-4-8-19(18)26/h2-11,14,21-22H,12-13H2,1H3,(H,30,31)/t21-,22+/m1/s1. The van der Waals surface area contributed by atoms with Crippen LogP contribution in [-0.4, -0.2) is 35.0 Å². The fraction of sp³-hybridized carbons (Fsp3) is 0.200. The third-order valence-corrected chi connectivity index (χ3v) is 6.13. The molecule has 32 heavy (non-hydrogen) atoms. The second kappa shape index (κ2) is 9.01. The molecule has 4 rings (SSSR count). The number of likely N-dealkylation sites (tertiary alicyclic amines) is 1. The number of carboxylic acids is 1. The summed E-state index contributed by atoms with van der Waals surface area (Å²) in [6.45, 7) is 0. The molecule has 1 heterocycles. The van der Waals surface area contributed by atoms with Crippen LogP contribution in [0.4, 0.5) is 4.39 Å². The molecule has 1 amide bonds. The first-order chi connectivity index (χ1) is 15.4. The largest absolute Gasteiger partial charge is 0.496 e. The third-order valence-electron chi connectivity index (χ3n) is 5.78. The molecule has 0 unspecified atom stereocenters. The van der Waals surface area contributed by atoms with Crippen LogP contribution in [0.2, 0.25) is 5.02 Å². The maximum atomic E-state index is 15.1. The van der Waals surface area contributed by atoms with Gasteiger partial charge < -0.3 is 14.7 Å². The van der Waals surface area contributed by atoms with Gasteiger partial charge in [0.2, 0.25) is 0 Å². The number of carboxylic acid groups (broad SMARTS) is 1. The van der Waals surface area contributed by atoms with Crippen LogP contribution in [0.15, 0.2) is 66.7 Å². The molecular formula is C25H21ClFNO4. The minimum absolute atomic E-state index is 0.0753. The minimum atomic E-state index is -1.10. The van der Waals surface area contributed by atoms with Crippen molar-refractivity contribution >= 4 is 23.5 Å². The van der Waals surface area contributed by atoms with Crippen molar-refractivity contribution in [2.45, 2.75) is 24.9 Å². The van der Waals surface area contributed by atoms with Crippen LogP contribution >= 0.6 is 11.6 Å². The number of nitrogens with zero attached hydrogens (tertiary/aromatic N) is 1. The Bertz CT molecular complexity index is 1180. The fourth-order valence-electron chi connectivity index (χ4n) is 4.27. The quantitative estimate of drug-likeness (QED) is 0.547. The summed E-state index contributed by atoms with van der Waals surface area (Å²) < 4.78 is 20.4. The molecule has 0 aromatic heterocycles. The van der Waals surface area contributed by atoms with Crippen LogP contribution in [0.1, 0.15) is 34.8 Å². The maximum Gasteiger partial charge on any atom is 0.326 e. The summed E-state index contributed by atoms with van der Waals surface area (Å²) in [6, 6.07) is 16.7. The van der Waals surface area contributed by atoms with Crippen molar-refractivity contribution in [1.29, 1.82) is 0 Å². The predicted molar refractivity (Wildman–Crippen MR) is 119 cm³/mol. The Hall–Kier alpha value is -3.38. The van der Waals surface area contributed by atoms with E-state index in [2.05, 4.69) is 0 Å². The van der Waals surface area contributed by atoms with E-state index in [9.17, 15) is 14.7 Å². The van der Waals surface area contributed by atoms with E-state index in [-0.39, 0.29) is 11.1 Å². The Morgan fingerprint density at radius 3 is 2.44 bits per heavy atom. The van der Waals surface area contributed by atoms with Crippen molar-refractivity contribution in [3.05, 3.63) is 88.7 Å². The lowest BCUT2D eigenvalue weighted by molar-refractivity contribution is -0.141. The number of carbonyl (C=O) groups excluding carboxylic acids is 1. The molecular weight excluding hydrogens is 433 g/mol. The van der Waals surface area contributed by atoms with Gasteiger partial charge in [-0.25, -0.2) is 9.18 Å². The SMILES string of the molecule is COc1ccccc1-c1ccc(C(=O)N2[C@@H](c3ccccc3Cl)CC[C@H]2C(=O)O)cc1F. The number of amides is 1. The zero-order chi connectivity index (χ0) is 22.8. The summed E-state index contributed by atoms with van der Waals surface area (Å²) in [5.41, 5.74) is 1.60. The number of aliphatic carboxylic acids is 1. The molecule has 1 aliphatic rings. The summed E-state index contributed by atoms with van der Waals surface area (Å²) in [5.74, 6) is -1.74. The normalized spacial score (nSPS) is 17.9. The Morgan fingerprint density at radius 2 is 1.75 bits per heavy atom. The Labute approximate surface area is 190 Å². The highest BCUT2D eigenvalue weighted by atomic mass is 35.5. The van der Waals surface area contributed by atoms with Crippen LogP contribution in [-0.2, 0) is 4.79 Å². The molecule has 0 bridgehead atoms. The molecule has 164 valence electrons. The van der Waals surface area contributed by atoms with Gasteiger partial charge in [-0.1, -0.05) is 54.1 Å². The van der Waals surface area contributed by atoms with Crippen molar-refractivity contribution in [2.24, 2.45) is 0 Å². The molecule has 1 fully saturated rings. The first-order valence-corrected chi connectivity index (χ1v) is 10.5. The van der Waals surface area contributed by atoms with Gasteiger partial charge in [0.1, 0.15) is 17.6 Å². The molecule has 0 radical (unpaired) electrons. The van der Waals surface area contributed by atoms with Crippen molar-refractivity contribution in [3.8, 4) is 16.9 Å². The number of para-hydroxylation sites is 1. The fourth-order valence-corrected chi connectivity index (χ4v) is 4.53. The van der Waals surface area contributed by atoms with Gasteiger partial charge in [0, 0.05) is 21.7 Å². The number of hydrogen-bond acceptors (Lipinski definition) is 3. The summed E-state index contributed by atoms with van der Waals surface area (Å²) >= 11 is 6.33. The molecule has 1 aliphatic heterocycles. The second-order valence-corrected chi connectivity index (χ2v) is 7.98. The number of methoxy groups -OCH3 is 1. The van der Waals surface area contributed by atoms with Gasteiger partial charge in [0.15, 0.2) is 0 Å². The summed E-state index contributed by atoms with van der Waals surface area (Å²) in [4.78, 5) is 26.6. The summed E-state index contributed by atoms with van der Waals surface area (Å²) in [5, 5.41) is 10.2. The first kappa shape index (κ1) is 21.8. The first-order valence-electron chi connectivity index (χ1n) is 10.1. The maximum absolute atomic E-state index is 15.1. The molecule has 3 aromatic rings. The Balaban J connectivity index is 1.72. The molecule has 0 aliphatic carbocycles. The monoisotopic (exact) mass is 453 g/mol. The van der Waals surface area contributed by atoms with E-state index in [0.29, 0.717) is 34.7 Å². The van der Waals surface area contributed by atoms with E-state index < -0.39 is 29.8 Å². The molecule has 7 heteroatoms. The van der Waals surface area contributed by atoms with Gasteiger partial charge in [-0.2, -0.15) is 0 Å². The van der Waals surface area contributed by atoms with Gasteiger partial charge in [0.05, 0.1) is 13.2 Å². The topological polar surface area (TPSA) is 66.8 Å². The molecule has 2 atom stereocenters. The van der Waals surface area contributed by atoms with E-state index >= 15 is 4.39 Å². The highest BCUT2D eigenvalue weighted by molar-refractivity contribution is 6.31. The smallest absolute Gasteiger partial charge is 0.326 e. The molecule has 0 spiro atoms. The van der Waals surface area contributed by atoms with Crippen molar-refractivity contribution in [1.82, 2.24) is 4.90 Å². The van der Waals surface area contributed by atoms with Gasteiger partial charge in [0.25, 0.3) is 5.91 Å². The number of carbonyl (C=O) groups is 2. The van der Waals surface area contributed by atoms with E-state index in [1.54, 1.807) is 48.5 Å². The molecule has 0 saturated carbocycles. The second-order valence-electron chi connectivity index (χ2n) is 7.58. The van der Waals surface area contributed by atoms with Gasteiger partial charge >= 0.3 is 5.97 Å². The van der Waals surface area contributed by atoms with E-state index in [1.807, 2.05) is 0 Å². The Morgan fingerprint density at radius 1 is 1.03 bits per heavy atom. The number of hydrogen-bond donors (Lipinski definition) is 1. The van der Waals surface area contributed by atoms with Gasteiger partial charge in [-0.3, -0.25) is 4.79 Å². The van der Waals surface area contributed by atoms with Gasteiger partial charge in [-0.05, 0) is 42.7 Å². The summed E-state index contributed by atoms with van der Waals surface area (Å²) in [7, 11) is 1.50. The number of benzene rings is 3. The predicted octanol–water partition coefficient (Wildman–Crippen LogP) is 5.59. The van der Waals surface area contributed by atoms with Crippen LogP contribution in [0.3, 0.4) is 0 Å². The number of halogens is 2. The number of ether oxygens (including phenoxy) is 1. The summed E-state index contributed by atoms with van der Waals surface area (Å²) in [6.07, 6.45) is 0.743. The zero-order valence-corrected chi connectivity index (χ0v) is 18.1. The van der Waals surface area contributed by atoms with Crippen molar-refractivity contribution in [2.75, 3.05) is 7.11 Å². The lowest BCUT2D eigenvalue weighted by Crippen LogP contribution is -2.42. The van der Waals surface area contributed by atoms with Crippen molar-refractivity contribution < 1.29 is 23.8 Å². The third kappa shape index (κ3) is 3.94. The average Bonchev–Trinajstić information content (AvgIpc) is 3.24.